The summed E-state index contributed by atoms with van der Waals surface area (Å²) >= 11 is 0. The molecule has 0 aliphatic carbocycles. The van der Waals surface area contributed by atoms with Gasteiger partial charge in [0.05, 0.1) is 0 Å². The molecule has 0 saturated heterocycles. The third-order valence-electron chi connectivity index (χ3n) is 4.23. The molecule has 2 rings (SSSR count). The standard InChI is InChI=1S/C19H30N2/c1-5-6-12-21-14-15(8-7-11-20)17-13-16(19(2,3)4)9-10-18(17)21/h9-10,13-14H,5-8,11-12,20H2,1-4H3. The Morgan fingerprint density at radius 3 is 2.52 bits per heavy atom. The smallest absolute Gasteiger partial charge is 0.0483 e. The molecule has 1 aromatic carbocycles. The lowest BCUT2D eigenvalue weighted by Gasteiger charge is -2.19. The van der Waals surface area contributed by atoms with E-state index in [9.17, 15) is 0 Å². The number of aryl methyl sites for hydroxylation is 2. The average Bonchev–Trinajstić information content (AvgIpc) is 2.79. The van der Waals surface area contributed by atoms with Crippen LogP contribution in [0.3, 0.4) is 0 Å². The maximum atomic E-state index is 5.70. The quantitative estimate of drug-likeness (QED) is 0.824. The SMILES string of the molecule is CCCCn1cc(CCCN)c2cc(C(C)(C)C)ccc21. The Labute approximate surface area is 129 Å². The van der Waals surface area contributed by atoms with E-state index >= 15 is 0 Å². The van der Waals surface area contributed by atoms with Crippen molar-refractivity contribution in [3.8, 4) is 0 Å². The van der Waals surface area contributed by atoms with Gasteiger partial charge in [0, 0.05) is 23.6 Å². The van der Waals surface area contributed by atoms with Crippen LogP contribution in [0.2, 0.25) is 0 Å². The van der Waals surface area contributed by atoms with Crippen LogP contribution in [0.1, 0.15) is 58.1 Å². The topological polar surface area (TPSA) is 30.9 Å². The van der Waals surface area contributed by atoms with Crippen LogP contribution in [0.15, 0.2) is 24.4 Å². The molecule has 0 aliphatic heterocycles. The minimum atomic E-state index is 0.199. The minimum absolute atomic E-state index is 0.199. The maximum Gasteiger partial charge on any atom is 0.0483 e. The first-order valence-electron chi connectivity index (χ1n) is 8.29. The molecule has 0 atom stereocenters. The molecule has 2 heteroatoms. The van der Waals surface area contributed by atoms with Crippen molar-refractivity contribution in [1.29, 1.82) is 0 Å². The number of benzene rings is 1. The number of unbranched alkanes of at least 4 members (excludes halogenated alkanes) is 1. The van der Waals surface area contributed by atoms with Gasteiger partial charge in [-0.25, -0.2) is 0 Å². The molecule has 0 aliphatic rings. The zero-order valence-electron chi connectivity index (χ0n) is 14.1. The summed E-state index contributed by atoms with van der Waals surface area (Å²) in [5.74, 6) is 0. The number of hydrogen-bond donors (Lipinski definition) is 1. The van der Waals surface area contributed by atoms with Crippen molar-refractivity contribution in [3.63, 3.8) is 0 Å². The number of hydrogen-bond acceptors (Lipinski definition) is 1. The van der Waals surface area contributed by atoms with E-state index in [0.29, 0.717) is 0 Å². The van der Waals surface area contributed by atoms with Crippen LogP contribution in [0, 0.1) is 0 Å². The van der Waals surface area contributed by atoms with Gasteiger partial charge in [-0.2, -0.15) is 0 Å². The number of rotatable bonds is 6. The molecule has 2 nitrogen and oxygen atoms in total. The van der Waals surface area contributed by atoms with Crippen molar-refractivity contribution in [2.45, 2.75) is 65.3 Å². The first-order valence-corrected chi connectivity index (χ1v) is 8.29. The van der Waals surface area contributed by atoms with Gasteiger partial charge in [-0.15, -0.1) is 0 Å². The van der Waals surface area contributed by atoms with Gasteiger partial charge in [-0.1, -0.05) is 40.2 Å². The van der Waals surface area contributed by atoms with Crippen LogP contribution < -0.4 is 5.73 Å². The Hall–Kier alpha value is -1.28. The zero-order valence-corrected chi connectivity index (χ0v) is 14.1. The van der Waals surface area contributed by atoms with Gasteiger partial charge in [0.2, 0.25) is 0 Å². The third-order valence-corrected chi connectivity index (χ3v) is 4.23. The minimum Gasteiger partial charge on any atom is -0.347 e. The lowest BCUT2D eigenvalue weighted by molar-refractivity contribution is 0.591. The highest BCUT2D eigenvalue weighted by Crippen LogP contribution is 2.29. The monoisotopic (exact) mass is 286 g/mol. The Morgan fingerprint density at radius 2 is 1.90 bits per heavy atom. The summed E-state index contributed by atoms with van der Waals surface area (Å²) in [5, 5.41) is 1.42. The van der Waals surface area contributed by atoms with E-state index in [1.807, 2.05) is 0 Å². The second kappa shape index (κ2) is 6.65. The molecule has 21 heavy (non-hydrogen) atoms. The van der Waals surface area contributed by atoms with Crippen molar-refractivity contribution >= 4 is 10.9 Å². The van der Waals surface area contributed by atoms with E-state index in [-0.39, 0.29) is 5.41 Å². The zero-order chi connectivity index (χ0) is 15.5. The van der Waals surface area contributed by atoms with Gasteiger partial charge in [-0.3, -0.25) is 0 Å². The molecule has 0 bridgehead atoms. The van der Waals surface area contributed by atoms with Gasteiger partial charge < -0.3 is 10.3 Å². The average molecular weight is 286 g/mol. The number of nitrogens with two attached hydrogens (primary N) is 1. The van der Waals surface area contributed by atoms with Crippen molar-refractivity contribution in [2.24, 2.45) is 5.73 Å². The van der Waals surface area contributed by atoms with Gasteiger partial charge in [0.25, 0.3) is 0 Å². The second-order valence-corrected chi connectivity index (χ2v) is 7.08. The molecular weight excluding hydrogens is 256 g/mol. The van der Waals surface area contributed by atoms with Crippen LogP contribution >= 0.6 is 0 Å². The largest absolute Gasteiger partial charge is 0.347 e. The molecule has 0 fully saturated rings. The highest BCUT2D eigenvalue weighted by atomic mass is 15.0. The van der Waals surface area contributed by atoms with Crippen LogP contribution in [0.5, 0.6) is 0 Å². The summed E-state index contributed by atoms with van der Waals surface area (Å²) in [5.41, 5.74) is 10.1. The summed E-state index contributed by atoms with van der Waals surface area (Å²) in [6.45, 7) is 11.0. The summed E-state index contributed by atoms with van der Waals surface area (Å²) in [6.07, 6.45) is 6.97. The molecule has 0 amide bonds. The number of nitrogens with zero attached hydrogens (tertiary/aromatic N) is 1. The van der Waals surface area contributed by atoms with Crippen LogP contribution in [-0.2, 0) is 18.4 Å². The Morgan fingerprint density at radius 1 is 1.14 bits per heavy atom. The highest BCUT2D eigenvalue weighted by molar-refractivity contribution is 5.85. The molecule has 116 valence electrons. The van der Waals surface area contributed by atoms with Gasteiger partial charge in [-0.05, 0) is 54.5 Å². The summed E-state index contributed by atoms with van der Waals surface area (Å²) < 4.78 is 2.43. The normalized spacial score (nSPS) is 12.2. The fourth-order valence-corrected chi connectivity index (χ4v) is 2.84. The first-order chi connectivity index (χ1) is 9.97. The predicted molar refractivity (Wildman–Crippen MR) is 92.9 cm³/mol. The van der Waals surface area contributed by atoms with Crippen molar-refractivity contribution in [1.82, 2.24) is 4.57 Å². The molecule has 2 N–H and O–H groups in total. The molecule has 2 aromatic rings. The van der Waals surface area contributed by atoms with Crippen molar-refractivity contribution in [2.75, 3.05) is 6.54 Å². The Kier molecular flexibility index (Phi) is 5.10. The Balaban J connectivity index is 2.47. The number of fused-ring (bicyclic) bond motifs is 1. The number of aromatic nitrogens is 1. The predicted octanol–water partition coefficient (Wildman–Crippen LogP) is 4.63. The van der Waals surface area contributed by atoms with Gasteiger partial charge >= 0.3 is 0 Å². The van der Waals surface area contributed by atoms with Crippen molar-refractivity contribution in [3.05, 3.63) is 35.5 Å². The molecule has 0 unspecified atom stereocenters. The maximum absolute atomic E-state index is 5.70. The second-order valence-electron chi connectivity index (χ2n) is 7.08. The highest BCUT2D eigenvalue weighted by Gasteiger charge is 2.16. The van der Waals surface area contributed by atoms with Crippen LogP contribution in [-0.4, -0.2) is 11.1 Å². The molecule has 1 heterocycles. The van der Waals surface area contributed by atoms with Gasteiger partial charge in [0.1, 0.15) is 0 Å². The summed E-state index contributed by atoms with van der Waals surface area (Å²) in [6, 6.07) is 6.98. The molecule has 1 aromatic heterocycles. The molecular formula is C19H30N2. The first kappa shape index (κ1) is 16.1. The lowest BCUT2D eigenvalue weighted by atomic mass is 9.86. The van der Waals surface area contributed by atoms with Crippen LogP contribution in [0.25, 0.3) is 10.9 Å². The van der Waals surface area contributed by atoms with E-state index in [0.717, 1.165) is 25.9 Å². The van der Waals surface area contributed by atoms with E-state index in [1.54, 1.807) is 0 Å². The molecule has 0 spiro atoms. The van der Waals surface area contributed by atoms with E-state index in [4.69, 9.17) is 5.73 Å². The van der Waals surface area contributed by atoms with E-state index in [2.05, 4.69) is 56.7 Å². The fourth-order valence-electron chi connectivity index (χ4n) is 2.84. The molecule has 0 radical (unpaired) electrons. The Bertz CT molecular complexity index is 587. The molecule has 0 saturated carbocycles. The third kappa shape index (κ3) is 3.68. The van der Waals surface area contributed by atoms with E-state index < -0.39 is 0 Å². The van der Waals surface area contributed by atoms with Crippen molar-refractivity contribution < 1.29 is 0 Å². The van der Waals surface area contributed by atoms with Gasteiger partial charge in [0.15, 0.2) is 0 Å². The van der Waals surface area contributed by atoms with Crippen LogP contribution in [0.4, 0.5) is 0 Å². The summed E-state index contributed by atoms with van der Waals surface area (Å²) in [4.78, 5) is 0. The fraction of sp³-hybridized carbons (Fsp3) is 0.579. The van der Waals surface area contributed by atoms with E-state index in [1.165, 1.54) is 34.9 Å². The summed E-state index contributed by atoms with van der Waals surface area (Å²) in [7, 11) is 0. The lowest BCUT2D eigenvalue weighted by Crippen LogP contribution is -2.10.